The highest BCUT2D eigenvalue weighted by molar-refractivity contribution is 6.43. The summed E-state index contributed by atoms with van der Waals surface area (Å²) in [6.45, 7) is 5.85. The van der Waals surface area contributed by atoms with E-state index in [9.17, 15) is 9.90 Å². The van der Waals surface area contributed by atoms with Crippen molar-refractivity contribution in [3.8, 4) is 0 Å². The van der Waals surface area contributed by atoms with Crippen LogP contribution >= 0.6 is 0 Å². The summed E-state index contributed by atoms with van der Waals surface area (Å²) in [4.78, 5) is 18.0. The fraction of sp³-hybridized carbons (Fsp3) is 0.333. The predicted molar refractivity (Wildman–Crippen MR) is 95.4 cm³/mol. The van der Waals surface area contributed by atoms with Crippen molar-refractivity contribution >= 4 is 11.6 Å². The third kappa shape index (κ3) is 5.04. The molecule has 1 aliphatic heterocycles. The number of fused-ring (bicyclic) bond motifs is 1. The number of nitrogens with two attached hydrogens (primary N) is 1. The average Bonchev–Trinajstić information content (AvgIpc) is 2.59. The molecule has 1 aromatic carbocycles. The number of carbonyl (C=O) groups is 1. The van der Waals surface area contributed by atoms with Crippen molar-refractivity contribution in [2.24, 2.45) is 10.7 Å². The minimum Gasteiger partial charge on any atom is -0.405 e. The van der Waals surface area contributed by atoms with Crippen molar-refractivity contribution in [2.45, 2.75) is 19.1 Å². The summed E-state index contributed by atoms with van der Waals surface area (Å²) in [5.74, 6) is -0.389. The van der Waals surface area contributed by atoms with E-state index in [0.717, 1.165) is 19.5 Å². The molecule has 0 aromatic heterocycles. The number of nitrogens with one attached hydrogen (secondary N) is 1. The van der Waals surface area contributed by atoms with Crippen LogP contribution in [0.25, 0.3) is 0 Å². The highest BCUT2D eigenvalue weighted by Crippen LogP contribution is 2.18. The van der Waals surface area contributed by atoms with Crippen LogP contribution in [-0.4, -0.2) is 47.4 Å². The zero-order valence-corrected chi connectivity index (χ0v) is 13.7. The Morgan fingerprint density at radius 3 is 2.92 bits per heavy atom. The first kappa shape index (κ1) is 17.9. The number of benzene rings is 1. The Kier molecular flexibility index (Phi) is 6.72. The van der Waals surface area contributed by atoms with Crippen LogP contribution in [0.3, 0.4) is 0 Å². The fourth-order valence-corrected chi connectivity index (χ4v) is 2.74. The Bertz CT molecular complexity index is 640. The van der Waals surface area contributed by atoms with Gasteiger partial charge in [-0.2, -0.15) is 0 Å². The molecule has 1 aliphatic rings. The smallest absolute Gasteiger partial charge is 0.270 e. The summed E-state index contributed by atoms with van der Waals surface area (Å²) in [5.41, 5.74) is 8.11. The molecule has 4 N–H and O–H groups in total. The maximum Gasteiger partial charge on any atom is 0.270 e. The summed E-state index contributed by atoms with van der Waals surface area (Å²) >= 11 is 0. The molecule has 2 rings (SSSR count). The molecule has 0 fully saturated rings. The molecular weight excluding hydrogens is 304 g/mol. The van der Waals surface area contributed by atoms with Crippen LogP contribution in [-0.2, 0) is 17.8 Å². The summed E-state index contributed by atoms with van der Waals surface area (Å²) in [5, 5.41) is 12.8. The van der Waals surface area contributed by atoms with Crippen LogP contribution < -0.4 is 11.1 Å². The second-order valence-corrected chi connectivity index (χ2v) is 5.67. The molecule has 1 heterocycles. The lowest BCUT2D eigenvalue weighted by molar-refractivity contribution is -0.115. The largest absolute Gasteiger partial charge is 0.405 e. The van der Waals surface area contributed by atoms with E-state index in [1.807, 2.05) is 6.07 Å². The lowest BCUT2D eigenvalue weighted by Crippen LogP contribution is -2.43. The molecule has 0 aliphatic carbocycles. The highest BCUT2D eigenvalue weighted by atomic mass is 16.3. The monoisotopic (exact) mass is 328 g/mol. The fourth-order valence-electron chi connectivity index (χ4n) is 2.74. The standard InChI is InChI=1S/C18H24N4O2/c1-2-20-17(7-9-19)18(24)21-11-16(23)13-22-10-8-14-5-3-4-6-15(14)12-22/h2-7,9,16,23H,1,8,10-13,19H2,(H,21,24)/b9-7-,20-17+. The second-order valence-electron chi connectivity index (χ2n) is 5.67. The first-order valence-electron chi connectivity index (χ1n) is 7.96. The van der Waals surface area contributed by atoms with Crippen LogP contribution in [0.5, 0.6) is 0 Å². The number of aliphatic hydroxyl groups is 1. The predicted octanol–water partition coefficient (Wildman–Crippen LogP) is 0.579. The Morgan fingerprint density at radius 1 is 1.46 bits per heavy atom. The topological polar surface area (TPSA) is 90.9 Å². The van der Waals surface area contributed by atoms with Gasteiger partial charge in [0, 0.05) is 32.4 Å². The van der Waals surface area contributed by atoms with Gasteiger partial charge in [-0.05, 0) is 29.8 Å². The minimum atomic E-state index is -0.647. The molecule has 128 valence electrons. The SMILES string of the molecule is C=C/N=C(\C=C/N)C(=O)NCC(O)CN1CCc2ccccc2C1. The lowest BCUT2D eigenvalue weighted by atomic mass is 10.00. The zero-order chi connectivity index (χ0) is 17.4. The van der Waals surface area contributed by atoms with Gasteiger partial charge >= 0.3 is 0 Å². The molecule has 0 spiro atoms. The molecule has 1 unspecified atom stereocenters. The second kappa shape index (κ2) is 9.00. The third-order valence-corrected chi connectivity index (χ3v) is 3.89. The van der Waals surface area contributed by atoms with Gasteiger partial charge in [-0.25, -0.2) is 0 Å². The van der Waals surface area contributed by atoms with E-state index < -0.39 is 6.10 Å². The van der Waals surface area contributed by atoms with Crippen molar-refractivity contribution in [3.05, 3.63) is 60.4 Å². The van der Waals surface area contributed by atoms with E-state index in [1.54, 1.807) is 0 Å². The van der Waals surface area contributed by atoms with E-state index in [4.69, 9.17) is 5.73 Å². The van der Waals surface area contributed by atoms with Gasteiger partial charge in [-0.15, -0.1) is 0 Å². The lowest BCUT2D eigenvalue weighted by Gasteiger charge is -2.30. The number of hydrogen-bond donors (Lipinski definition) is 3. The Hall–Kier alpha value is -2.44. The van der Waals surface area contributed by atoms with E-state index >= 15 is 0 Å². The van der Waals surface area contributed by atoms with E-state index in [1.165, 1.54) is 29.6 Å². The molecule has 1 aromatic rings. The average molecular weight is 328 g/mol. The molecule has 1 amide bonds. The van der Waals surface area contributed by atoms with Crippen LogP contribution in [0.1, 0.15) is 11.1 Å². The van der Waals surface area contributed by atoms with E-state index in [0.29, 0.717) is 6.54 Å². The van der Waals surface area contributed by atoms with Crippen molar-refractivity contribution in [2.75, 3.05) is 19.6 Å². The summed E-state index contributed by atoms with van der Waals surface area (Å²) < 4.78 is 0. The van der Waals surface area contributed by atoms with Gasteiger partial charge in [0.05, 0.1) is 6.10 Å². The number of hydrogen-bond acceptors (Lipinski definition) is 5. The van der Waals surface area contributed by atoms with Crippen LogP contribution in [0.2, 0.25) is 0 Å². The quantitative estimate of drug-likeness (QED) is 0.639. The summed E-state index contributed by atoms with van der Waals surface area (Å²) in [6, 6.07) is 8.35. The molecule has 0 bridgehead atoms. The van der Waals surface area contributed by atoms with Crippen LogP contribution in [0.4, 0.5) is 0 Å². The number of amides is 1. The van der Waals surface area contributed by atoms with Crippen molar-refractivity contribution in [1.82, 2.24) is 10.2 Å². The Labute approximate surface area is 142 Å². The normalized spacial score (nSPS) is 16.6. The summed E-state index contributed by atoms with van der Waals surface area (Å²) in [6.07, 6.45) is 4.24. The number of rotatable bonds is 7. The first-order valence-corrected chi connectivity index (χ1v) is 7.96. The first-order chi connectivity index (χ1) is 11.6. The Balaban J connectivity index is 1.81. The molecular formula is C18H24N4O2. The molecule has 6 heteroatoms. The van der Waals surface area contributed by atoms with Crippen molar-refractivity contribution in [1.29, 1.82) is 0 Å². The van der Waals surface area contributed by atoms with Gasteiger partial charge < -0.3 is 16.2 Å². The number of nitrogens with zero attached hydrogens (tertiary/aromatic N) is 2. The van der Waals surface area contributed by atoms with Gasteiger partial charge in [0.1, 0.15) is 5.71 Å². The van der Waals surface area contributed by atoms with Crippen molar-refractivity contribution in [3.63, 3.8) is 0 Å². The molecule has 1 atom stereocenters. The van der Waals surface area contributed by atoms with Gasteiger partial charge in [0.2, 0.25) is 0 Å². The minimum absolute atomic E-state index is 0.158. The van der Waals surface area contributed by atoms with Gasteiger partial charge in [0.25, 0.3) is 5.91 Å². The highest BCUT2D eigenvalue weighted by Gasteiger charge is 2.19. The van der Waals surface area contributed by atoms with E-state index in [2.05, 4.69) is 40.0 Å². The number of carbonyl (C=O) groups excluding carboxylic acids is 1. The van der Waals surface area contributed by atoms with Gasteiger partial charge in [-0.3, -0.25) is 14.7 Å². The van der Waals surface area contributed by atoms with E-state index in [-0.39, 0.29) is 18.2 Å². The van der Waals surface area contributed by atoms with Gasteiger partial charge in [-0.1, -0.05) is 30.8 Å². The summed E-state index contributed by atoms with van der Waals surface area (Å²) in [7, 11) is 0. The molecule has 0 radical (unpaired) electrons. The molecule has 6 nitrogen and oxygen atoms in total. The number of aliphatic imine (C=N–C) groups is 1. The van der Waals surface area contributed by atoms with Gasteiger partial charge in [0.15, 0.2) is 0 Å². The third-order valence-electron chi connectivity index (χ3n) is 3.89. The number of β-amino-alcohol motifs (C(OH)–C–C–N with tert-alkyl or cyclic N) is 1. The van der Waals surface area contributed by atoms with Crippen molar-refractivity contribution < 1.29 is 9.90 Å². The maximum atomic E-state index is 12.0. The molecule has 24 heavy (non-hydrogen) atoms. The zero-order valence-electron chi connectivity index (χ0n) is 13.7. The van der Waals surface area contributed by atoms with Crippen LogP contribution in [0.15, 0.2) is 54.3 Å². The van der Waals surface area contributed by atoms with Crippen LogP contribution in [0, 0.1) is 0 Å². The molecule has 0 saturated heterocycles. The maximum absolute atomic E-state index is 12.0. The number of aliphatic hydroxyl groups excluding tert-OH is 1. The molecule has 0 saturated carbocycles. The Morgan fingerprint density at radius 2 is 2.21 bits per heavy atom.